The second kappa shape index (κ2) is 10.2. The number of nitrogens with one attached hydrogen (secondary N) is 2. The van der Waals surface area contributed by atoms with Crippen LogP contribution in [0.25, 0.3) is 10.4 Å². The molecule has 0 radical (unpaired) electrons. The van der Waals surface area contributed by atoms with Crippen LogP contribution in [0.2, 0.25) is 0 Å². The van der Waals surface area contributed by atoms with Crippen LogP contribution in [-0.2, 0) is 21.4 Å². The fourth-order valence-corrected chi connectivity index (χ4v) is 7.17. The fraction of sp³-hybridized carbons (Fsp3) is 0.407. The maximum atomic E-state index is 13.3. The zero-order valence-corrected chi connectivity index (χ0v) is 23.8. The van der Waals surface area contributed by atoms with Gasteiger partial charge in [-0.3, -0.25) is 14.5 Å². The van der Waals surface area contributed by atoms with Crippen molar-refractivity contribution in [1.82, 2.24) is 19.6 Å². The summed E-state index contributed by atoms with van der Waals surface area (Å²) in [6, 6.07) is 8.69. The van der Waals surface area contributed by atoms with E-state index in [2.05, 4.69) is 20.0 Å². The lowest BCUT2D eigenvalue weighted by atomic mass is 10.0. The van der Waals surface area contributed by atoms with Crippen LogP contribution in [0, 0.1) is 12.8 Å². The zero-order chi connectivity index (χ0) is 28.2. The molecule has 1 saturated heterocycles. The Morgan fingerprint density at radius 2 is 1.95 bits per heavy atom. The van der Waals surface area contributed by atoms with E-state index in [0.717, 1.165) is 11.3 Å². The number of amides is 2. The molecule has 3 aromatic rings. The highest BCUT2D eigenvalue weighted by molar-refractivity contribution is 7.89. The average molecular weight is 583 g/mol. The molecule has 13 heteroatoms. The third kappa shape index (κ3) is 4.98. The number of carbonyl (C=O) groups excluding carboxylic acids is 2. The Kier molecular flexibility index (Phi) is 6.85. The highest BCUT2D eigenvalue weighted by Gasteiger charge is 2.36. The average Bonchev–Trinajstić information content (AvgIpc) is 3.51. The van der Waals surface area contributed by atoms with Crippen molar-refractivity contribution in [3.8, 4) is 10.4 Å². The van der Waals surface area contributed by atoms with E-state index in [4.69, 9.17) is 0 Å². The second-order valence-electron chi connectivity index (χ2n) is 10.4. The number of fused-ring (bicyclic) bond motifs is 1. The molecule has 1 atom stereocenters. The number of benzene rings is 1. The molecule has 1 aromatic carbocycles. The zero-order valence-electron chi connectivity index (χ0n) is 22.2. The van der Waals surface area contributed by atoms with Gasteiger partial charge in [0, 0.05) is 26.1 Å². The number of aryl methyl sites for hydroxylation is 1. The summed E-state index contributed by atoms with van der Waals surface area (Å²) in [6.07, 6.45) is 2.68. The molecule has 0 bridgehead atoms. The molecule has 0 spiro atoms. The molecule has 2 fully saturated rings. The highest BCUT2D eigenvalue weighted by atomic mass is 32.2. The van der Waals surface area contributed by atoms with E-state index >= 15 is 0 Å². The van der Waals surface area contributed by atoms with E-state index in [0.29, 0.717) is 65.6 Å². The Balaban J connectivity index is 1.30. The lowest BCUT2D eigenvalue weighted by Gasteiger charge is -2.15. The number of sulfonamides is 1. The summed E-state index contributed by atoms with van der Waals surface area (Å²) in [5, 5.41) is 13.5. The van der Waals surface area contributed by atoms with Crippen molar-refractivity contribution in [3.05, 3.63) is 47.2 Å². The summed E-state index contributed by atoms with van der Waals surface area (Å²) < 4.78 is 28.4. The van der Waals surface area contributed by atoms with Crippen molar-refractivity contribution in [1.29, 1.82) is 0 Å². The van der Waals surface area contributed by atoms with Crippen molar-refractivity contribution in [2.75, 3.05) is 30.4 Å². The largest absolute Gasteiger partial charge is 0.383 e. The van der Waals surface area contributed by atoms with Crippen LogP contribution >= 0.6 is 11.3 Å². The maximum absolute atomic E-state index is 13.3. The van der Waals surface area contributed by atoms with Gasteiger partial charge in [0.05, 0.1) is 21.0 Å². The number of aromatic nitrogens is 2. The van der Waals surface area contributed by atoms with Gasteiger partial charge in [0.1, 0.15) is 17.7 Å². The first-order valence-corrected chi connectivity index (χ1v) is 15.6. The molecule has 3 aliphatic rings. The Hall–Kier alpha value is -3.39. The standard InChI is InChI=1S/C27H30N6O5S2/c1-15-24(39-27(29-15)31-21-4-3-5-22(30-21)33-11-9-19(34)25(33)35)17-12-18-14-32(10-8-16-6-7-16)26(36)23(18)20(13-17)40(37,38)28-2/h3-5,12-13,16,19,28,34H,6-11,14H2,1-2H3,(H,29,30,31). The first-order valence-electron chi connectivity index (χ1n) is 13.3. The molecule has 40 heavy (non-hydrogen) atoms. The predicted octanol–water partition coefficient (Wildman–Crippen LogP) is 3.02. The van der Waals surface area contributed by atoms with E-state index in [1.807, 2.05) is 13.0 Å². The van der Waals surface area contributed by atoms with E-state index in [1.54, 1.807) is 29.2 Å². The quantitative estimate of drug-likeness (QED) is 0.349. The number of pyridine rings is 1. The topological polar surface area (TPSA) is 145 Å². The van der Waals surface area contributed by atoms with E-state index in [9.17, 15) is 23.1 Å². The molecule has 2 aliphatic heterocycles. The molecule has 11 nitrogen and oxygen atoms in total. The molecule has 3 N–H and O–H groups in total. The van der Waals surface area contributed by atoms with Gasteiger partial charge in [0.2, 0.25) is 10.0 Å². The number of aliphatic hydroxyl groups is 1. The highest BCUT2D eigenvalue weighted by Crippen LogP contribution is 2.40. The molecule has 2 amide bonds. The van der Waals surface area contributed by atoms with Crippen molar-refractivity contribution < 1.29 is 23.1 Å². The Labute approximate surface area is 236 Å². The monoisotopic (exact) mass is 582 g/mol. The van der Waals surface area contributed by atoms with E-state index in [-0.39, 0.29) is 22.3 Å². The van der Waals surface area contributed by atoms with Gasteiger partial charge in [-0.15, -0.1) is 0 Å². The second-order valence-corrected chi connectivity index (χ2v) is 13.3. The fourth-order valence-electron chi connectivity index (χ4n) is 5.22. The number of anilines is 3. The van der Waals surface area contributed by atoms with Gasteiger partial charge in [-0.1, -0.05) is 30.2 Å². The van der Waals surface area contributed by atoms with Gasteiger partial charge >= 0.3 is 0 Å². The summed E-state index contributed by atoms with van der Waals surface area (Å²) >= 11 is 1.35. The number of hydrogen-bond donors (Lipinski definition) is 3. The first kappa shape index (κ1) is 26.8. The Morgan fingerprint density at radius 3 is 2.65 bits per heavy atom. The summed E-state index contributed by atoms with van der Waals surface area (Å²) in [5.74, 6) is 0.976. The number of hydrogen-bond acceptors (Lipinski definition) is 9. The Bertz CT molecular complexity index is 1620. The van der Waals surface area contributed by atoms with Gasteiger partial charge in [0.15, 0.2) is 5.13 Å². The molecular formula is C27H30N6O5S2. The van der Waals surface area contributed by atoms with Crippen molar-refractivity contribution >= 4 is 49.9 Å². The predicted molar refractivity (Wildman–Crippen MR) is 151 cm³/mol. The molecular weight excluding hydrogens is 552 g/mol. The lowest BCUT2D eigenvalue weighted by molar-refractivity contribution is -0.124. The molecule has 1 aliphatic carbocycles. The molecule has 1 unspecified atom stereocenters. The molecule has 6 rings (SSSR count). The van der Waals surface area contributed by atoms with Gasteiger partial charge in [-0.2, -0.15) is 0 Å². The van der Waals surface area contributed by atoms with E-state index < -0.39 is 16.1 Å². The van der Waals surface area contributed by atoms with Crippen molar-refractivity contribution in [2.24, 2.45) is 5.92 Å². The smallest absolute Gasteiger partial charge is 0.257 e. The number of thiazole rings is 1. The van der Waals surface area contributed by atoms with Gasteiger partial charge in [0.25, 0.3) is 11.8 Å². The SMILES string of the molecule is CNS(=O)(=O)c1cc(-c2sc(Nc3cccc(N4CCC(O)C4=O)n3)nc2C)cc2c1C(=O)N(CCC1CC1)C2. The number of aliphatic hydroxyl groups excluding tert-OH is 1. The van der Waals surface area contributed by atoms with Crippen molar-refractivity contribution in [2.45, 2.75) is 50.2 Å². The van der Waals surface area contributed by atoms with Crippen LogP contribution in [0.5, 0.6) is 0 Å². The summed E-state index contributed by atoms with van der Waals surface area (Å²) in [7, 11) is -2.55. The number of rotatable bonds is 9. The Morgan fingerprint density at radius 1 is 1.15 bits per heavy atom. The number of nitrogens with zero attached hydrogens (tertiary/aromatic N) is 4. The van der Waals surface area contributed by atoms with Crippen LogP contribution in [0.4, 0.5) is 16.8 Å². The van der Waals surface area contributed by atoms with Crippen LogP contribution in [0.1, 0.15) is 47.3 Å². The van der Waals surface area contributed by atoms with Crippen LogP contribution in [0.3, 0.4) is 0 Å². The lowest BCUT2D eigenvalue weighted by Crippen LogP contribution is -2.29. The third-order valence-corrected chi connectivity index (χ3v) is 10.2. The normalized spacial score (nSPS) is 19.0. The van der Waals surface area contributed by atoms with Gasteiger partial charge < -0.3 is 15.3 Å². The minimum absolute atomic E-state index is 0.0180. The van der Waals surface area contributed by atoms with Crippen LogP contribution < -0.4 is 14.9 Å². The molecule has 2 aromatic heterocycles. The minimum Gasteiger partial charge on any atom is -0.383 e. The summed E-state index contributed by atoms with van der Waals surface area (Å²) in [6.45, 7) is 3.24. The van der Waals surface area contributed by atoms with Crippen LogP contribution in [0.15, 0.2) is 35.2 Å². The third-order valence-electron chi connectivity index (χ3n) is 7.59. The van der Waals surface area contributed by atoms with E-state index in [1.165, 1.54) is 36.1 Å². The maximum Gasteiger partial charge on any atom is 0.257 e. The van der Waals surface area contributed by atoms with Crippen LogP contribution in [-0.4, -0.2) is 66.4 Å². The molecule has 4 heterocycles. The van der Waals surface area contributed by atoms with Gasteiger partial charge in [-0.25, -0.2) is 23.1 Å². The van der Waals surface area contributed by atoms with Crippen molar-refractivity contribution in [3.63, 3.8) is 0 Å². The summed E-state index contributed by atoms with van der Waals surface area (Å²) in [4.78, 5) is 38.6. The minimum atomic E-state index is -3.89. The molecule has 210 valence electrons. The summed E-state index contributed by atoms with van der Waals surface area (Å²) in [5.41, 5.74) is 2.31. The number of carbonyl (C=O) groups is 2. The molecule has 1 saturated carbocycles. The first-order chi connectivity index (χ1) is 19.1. The van der Waals surface area contributed by atoms with Gasteiger partial charge in [-0.05, 0) is 61.7 Å².